The molecule has 0 fully saturated rings. The average molecular weight is 259 g/mol. The van der Waals surface area contributed by atoms with Crippen LogP contribution in [0.25, 0.3) is 5.69 Å². The second-order valence-electron chi connectivity index (χ2n) is 5.11. The highest BCUT2D eigenvalue weighted by atomic mass is 16.1. The second-order valence-corrected chi connectivity index (χ2v) is 5.11. The summed E-state index contributed by atoms with van der Waals surface area (Å²) < 4.78 is 3.48. The van der Waals surface area contributed by atoms with Crippen LogP contribution < -0.4 is 11.3 Å². The quantitative estimate of drug-likeness (QED) is 0.920. The van der Waals surface area contributed by atoms with Gasteiger partial charge in [0, 0.05) is 7.05 Å². The van der Waals surface area contributed by atoms with Crippen LogP contribution in [-0.4, -0.2) is 9.36 Å². The van der Waals surface area contributed by atoms with Gasteiger partial charge in [-0.3, -0.25) is 9.48 Å². The van der Waals surface area contributed by atoms with E-state index in [-0.39, 0.29) is 11.5 Å². The lowest BCUT2D eigenvalue weighted by molar-refractivity contribution is 0.595. The minimum atomic E-state index is -0.143. The Morgan fingerprint density at radius 2 is 1.79 bits per heavy atom. The molecule has 0 amide bonds. The zero-order valence-electron chi connectivity index (χ0n) is 12.0. The zero-order chi connectivity index (χ0) is 14.2. The summed E-state index contributed by atoms with van der Waals surface area (Å²) in [6, 6.07) is 8.01. The summed E-state index contributed by atoms with van der Waals surface area (Å²) in [7, 11) is 1.88. The van der Waals surface area contributed by atoms with Crippen molar-refractivity contribution in [2.24, 2.45) is 7.05 Å². The molecule has 2 aromatic rings. The Morgan fingerprint density at radius 1 is 1.21 bits per heavy atom. The summed E-state index contributed by atoms with van der Waals surface area (Å²) in [5.74, 6) is 0.217. The Labute approximate surface area is 113 Å². The van der Waals surface area contributed by atoms with Gasteiger partial charge in [0.25, 0.3) is 5.56 Å². The molecule has 0 saturated heterocycles. The normalized spacial score (nSPS) is 11.2. The maximum absolute atomic E-state index is 12.3. The van der Waals surface area contributed by atoms with Crippen LogP contribution in [0.1, 0.15) is 37.9 Å². The monoisotopic (exact) mass is 259 g/mol. The van der Waals surface area contributed by atoms with E-state index >= 15 is 0 Å². The average Bonchev–Trinajstić information content (AvgIpc) is 2.60. The van der Waals surface area contributed by atoms with Crippen molar-refractivity contribution in [1.82, 2.24) is 9.36 Å². The van der Waals surface area contributed by atoms with Gasteiger partial charge in [-0.2, -0.15) is 0 Å². The number of nitrogens with two attached hydrogens (primary N) is 1. The number of aryl methyl sites for hydroxylation is 1. The fraction of sp³-hybridized carbons (Fsp3) is 0.400. The molecule has 2 N–H and O–H groups in total. The van der Waals surface area contributed by atoms with E-state index in [1.54, 1.807) is 4.68 Å². The van der Waals surface area contributed by atoms with Crippen molar-refractivity contribution in [2.75, 3.05) is 5.73 Å². The topological polar surface area (TPSA) is 52.9 Å². The molecule has 1 heterocycles. The van der Waals surface area contributed by atoms with E-state index in [0.717, 1.165) is 17.8 Å². The number of nitrogen functional groups attached to an aromatic ring is 1. The minimum absolute atomic E-state index is 0.143. The number of nitrogens with zero attached hydrogens (tertiary/aromatic N) is 2. The Hall–Kier alpha value is -1.97. The molecule has 102 valence electrons. The zero-order valence-corrected chi connectivity index (χ0v) is 12.0. The molecule has 0 aliphatic heterocycles. The van der Waals surface area contributed by atoms with Crippen molar-refractivity contribution >= 4 is 5.69 Å². The lowest BCUT2D eigenvalue weighted by Crippen LogP contribution is -2.20. The number of benzene rings is 1. The van der Waals surface area contributed by atoms with Gasteiger partial charge in [-0.1, -0.05) is 32.9 Å². The Balaban J connectivity index is 2.62. The molecule has 0 saturated carbocycles. The molecule has 0 aliphatic rings. The van der Waals surface area contributed by atoms with E-state index in [4.69, 9.17) is 5.73 Å². The first-order valence-corrected chi connectivity index (χ1v) is 6.64. The number of rotatable bonds is 3. The summed E-state index contributed by atoms with van der Waals surface area (Å²) in [5, 5.41) is 0. The highest BCUT2D eigenvalue weighted by Crippen LogP contribution is 2.20. The van der Waals surface area contributed by atoms with Crippen LogP contribution in [0, 0.1) is 0 Å². The van der Waals surface area contributed by atoms with Gasteiger partial charge in [0.15, 0.2) is 0 Å². The van der Waals surface area contributed by atoms with Crippen LogP contribution in [0.2, 0.25) is 0 Å². The standard InChI is InChI=1S/C15H21N3O/c1-5-11-6-8-12(9-7-11)18-15(19)13(16)14(10(2)3)17(18)4/h6-10H,5,16H2,1-4H3. The second kappa shape index (κ2) is 4.96. The van der Waals surface area contributed by atoms with Crippen LogP contribution in [-0.2, 0) is 13.5 Å². The van der Waals surface area contributed by atoms with Crippen LogP contribution in [0.4, 0.5) is 5.69 Å². The first-order chi connectivity index (χ1) is 8.97. The van der Waals surface area contributed by atoms with E-state index in [1.165, 1.54) is 5.56 Å². The summed E-state index contributed by atoms with van der Waals surface area (Å²) in [4.78, 5) is 12.3. The predicted octanol–water partition coefficient (Wildman–Crippen LogP) is 2.44. The molecule has 4 heteroatoms. The highest BCUT2D eigenvalue weighted by Gasteiger charge is 2.18. The first kappa shape index (κ1) is 13.5. The van der Waals surface area contributed by atoms with E-state index in [9.17, 15) is 4.79 Å². The van der Waals surface area contributed by atoms with Gasteiger partial charge in [0.1, 0.15) is 5.69 Å². The number of hydrogen-bond donors (Lipinski definition) is 1. The first-order valence-electron chi connectivity index (χ1n) is 6.64. The molecule has 0 unspecified atom stereocenters. The van der Waals surface area contributed by atoms with Crippen LogP contribution in [0.3, 0.4) is 0 Å². The molecule has 4 nitrogen and oxygen atoms in total. The van der Waals surface area contributed by atoms with Gasteiger partial charge < -0.3 is 5.73 Å². The van der Waals surface area contributed by atoms with E-state index in [0.29, 0.717) is 5.69 Å². The molecule has 0 radical (unpaired) electrons. The Bertz CT molecular complexity index is 633. The summed E-state index contributed by atoms with van der Waals surface area (Å²) in [6.07, 6.45) is 0.988. The SMILES string of the molecule is CCc1ccc(-n2c(=O)c(N)c(C(C)C)n2C)cc1. The summed E-state index contributed by atoms with van der Waals surface area (Å²) in [6.45, 7) is 6.18. The van der Waals surface area contributed by atoms with Crippen LogP contribution in [0.5, 0.6) is 0 Å². The van der Waals surface area contributed by atoms with Crippen LogP contribution in [0.15, 0.2) is 29.1 Å². The van der Waals surface area contributed by atoms with Crippen molar-refractivity contribution < 1.29 is 0 Å². The van der Waals surface area contributed by atoms with Gasteiger partial charge in [0.2, 0.25) is 0 Å². The lowest BCUT2D eigenvalue weighted by Gasteiger charge is -2.12. The molecule has 19 heavy (non-hydrogen) atoms. The van der Waals surface area contributed by atoms with Crippen molar-refractivity contribution in [3.05, 3.63) is 45.9 Å². The van der Waals surface area contributed by atoms with Crippen LogP contribution >= 0.6 is 0 Å². The lowest BCUT2D eigenvalue weighted by atomic mass is 10.1. The number of anilines is 1. The van der Waals surface area contributed by atoms with E-state index < -0.39 is 0 Å². The summed E-state index contributed by atoms with van der Waals surface area (Å²) >= 11 is 0. The van der Waals surface area contributed by atoms with E-state index in [2.05, 4.69) is 6.92 Å². The molecule has 0 spiro atoms. The van der Waals surface area contributed by atoms with Crippen molar-refractivity contribution in [1.29, 1.82) is 0 Å². The number of hydrogen-bond acceptors (Lipinski definition) is 2. The third kappa shape index (κ3) is 2.18. The molecule has 0 bridgehead atoms. The Kier molecular flexibility index (Phi) is 3.51. The van der Waals surface area contributed by atoms with Gasteiger partial charge >= 0.3 is 0 Å². The number of aromatic nitrogens is 2. The fourth-order valence-electron chi connectivity index (χ4n) is 2.49. The van der Waals surface area contributed by atoms with Gasteiger partial charge in [-0.15, -0.1) is 0 Å². The predicted molar refractivity (Wildman–Crippen MR) is 78.9 cm³/mol. The van der Waals surface area contributed by atoms with Crippen molar-refractivity contribution in [2.45, 2.75) is 33.1 Å². The van der Waals surface area contributed by atoms with Crippen molar-refractivity contribution in [3.8, 4) is 5.69 Å². The van der Waals surface area contributed by atoms with Crippen molar-refractivity contribution in [3.63, 3.8) is 0 Å². The Morgan fingerprint density at radius 3 is 2.21 bits per heavy atom. The molecule has 1 aromatic carbocycles. The minimum Gasteiger partial charge on any atom is -0.393 e. The maximum Gasteiger partial charge on any atom is 0.294 e. The maximum atomic E-state index is 12.3. The van der Waals surface area contributed by atoms with Gasteiger partial charge in [-0.25, -0.2) is 4.68 Å². The molecule has 1 aromatic heterocycles. The van der Waals surface area contributed by atoms with E-state index in [1.807, 2.05) is 49.8 Å². The molecule has 2 rings (SSSR count). The fourth-order valence-corrected chi connectivity index (χ4v) is 2.49. The van der Waals surface area contributed by atoms with Gasteiger partial charge in [-0.05, 0) is 30.0 Å². The molecular weight excluding hydrogens is 238 g/mol. The summed E-state index contributed by atoms with van der Waals surface area (Å²) in [5.41, 5.74) is 9.13. The highest BCUT2D eigenvalue weighted by molar-refractivity contribution is 5.47. The largest absolute Gasteiger partial charge is 0.393 e. The molecule has 0 aliphatic carbocycles. The molecule has 0 atom stereocenters. The smallest absolute Gasteiger partial charge is 0.294 e. The third-order valence-electron chi connectivity index (χ3n) is 3.48. The third-order valence-corrected chi connectivity index (χ3v) is 3.48. The molecular formula is C15H21N3O. The van der Waals surface area contributed by atoms with Gasteiger partial charge in [0.05, 0.1) is 11.4 Å².